The SMILES string of the molecule is COc1cccc(C2Cc3ccccc3OC2c2ccc(OC)cc2OC)c1. The van der Waals surface area contributed by atoms with Crippen molar-refractivity contribution in [2.45, 2.75) is 18.4 Å². The first kappa shape index (κ1) is 18.2. The van der Waals surface area contributed by atoms with Gasteiger partial charge in [-0.15, -0.1) is 0 Å². The van der Waals surface area contributed by atoms with Crippen molar-refractivity contribution in [3.8, 4) is 23.0 Å². The molecule has 0 N–H and O–H groups in total. The number of hydrogen-bond donors (Lipinski definition) is 0. The molecule has 0 aromatic heterocycles. The first-order valence-electron chi connectivity index (χ1n) is 9.34. The van der Waals surface area contributed by atoms with Crippen LogP contribution in [-0.2, 0) is 6.42 Å². The van der Waals surface area contributed by atoms with Crippen LogP contribution in [0.4, 0.5) is 0 Å². The molecule has 2 unspecified atom stereocenters. The zero-order chi connectivity index (χ0) is 19.5. The van der Waals surface area contributed by atoms with Crippen LogP contribution in [0.5, 0.6) is 23.0 Å². The molecule has 3 aromatic carbocycles. The minimum absolute atomic E-state index is 0.132. The number of fused-ring (bicyclic) bond motifs is 1. The van der Waals surface area contributed by atoms with Crippen LogP contribution in [0.1, 0.15) is 28.7 Å². The van der Waals surface area contributed by atoms with Gasteiger partial charge in [0.2, 0.25) is 0 Å². The topological polar surface area (TPSA) is 36.9 Å². The molecule has 2 atom stereocenters. The van der Waals surface area contributed by atoms with Crippen molar-refractivity contribution in [2.75, 3.05) is 21.3 Å². The lowest BCUT2D eigenvalue weighted by Gasteiger charge is -2.35. The number of methoxy groups -OCH3 is 3. The van der Waals surface area contributed by atoms with E-state index in [2.05, 4.69) is 24.3 Å². The molecule has 4 nitrogen and oxygen atoms in total. The highest BCUT2D eigenvalue weighted by molar-refractivity contribution is 5.47. The van der Waals surface area contributed by atoms with Gasteiger partial charge in [-0.1, -0.05) is 30.3 Å². The number of rotatable bonds is 5. The van der Waals surface area contributed by atoms with Gasteiger partial charge >= 0.3 is 0 Å². The van der Waals surface area contributed by atoms with E-state index in [4.69, 9.17) is 18.9 Å². The van der Waals surface area contributed by atoms with Crippen LogP contribution in [0.3, 0.4) is 0 Å². The van der Waals surface area contributed by atoms with Crippen LogP contribution in [0.15, 0.2) is 66.7 Å². The quantitative estimate of drug-likeness (QED) is 0.615. The lowest BCUT2D eigenvalue weighted by molar-refractivity contribution is 0.147. The van der Waals surface area contributed by atoms with Gasteiger partial charge in [0.1, 0.15) is 29.1 Å². The molecule has 1 aliphatic heterocycles. The third-order valence-corrected chi connectivity index (χ3v) is 5.30. The number of ether oxygens (including phenoxy) is 4. The second-order valence-corrected chi connectivity index (χ2v) is 6.84. The second-order valence-electron chi connectivity index (χ2n) is 6.84. The maximum atomic E-state index is 6.51. The van der Waals surface area contributed by atoms with Gasteiger partial charge in [-0.2, -0.15) is 0 Å². The van der Waals surface area contributed by atoms with Gasteiger partial charge in [-0.3, -0.25) is 0 Å². The molecule has 144 valence electrons. The average molecular weight is 376 g/mol. The first-order valence-corrected chi connectivity index (χ1v) is 9.34. The second kappa shape index (κ2) is 7.85. The number of para-hydroxylation sites is 1. The minimum Gasteiger partial charge on any atom is -0.497 e. The Balaban J connectivity index is 1.82. The predicted octanol–water partition coefficient (Wildman–Crippen LogP) is 5.17. The Morgan fingerprint density at radius 1 is 0.786 bits per heavy atom. The van der Waals surface area contributed by atoms with E-state index in [0.29, 0.717) is 0 Å². The van der Waals surface area contributed by atoms with Crippen LogP contribution in [-0.4, -0.2) is 21.3 Å². The summed E-state index contributed by atoms with van der Waals surface area (Å²) in [5.74, 6) is 3.42. The standard InChI is InChI=1S/C24H24O4/c1-25-18-9-6-8-16(13-18)21-14-17-7-4-5-10-22(17)28-24(21)20-12-11-19(26-2)15-23(20)27-3/h4-13,15,21,24H,14H2,1-3H3. The smallest absolute Gasteiger partial charge is 0.134 e. The summed E-state index contributed by atoms with van der Waals surface area (Å²) in [4.78, 5) is 0. The summed E-state index contributed by atoms with van der Waals surface area (Å²) >= 11 is 0. The molecule has 28 heavy (non-hydrogen) atoms. The van der Waals surface area contributed by atoms with E-state index in [-0.39, 0.29) is 12.0 Å². The van der Waals surface area contributed by atoms with Crippen molar-refractivity contribution in [3.63, 3.8) is 0 Å². The summed E-state index contributed by atoms with van der Waals surface area (Å²) in [6.07, 6.45) is 0.700. The molecule has 0 amide bonds. The highest BCUT2D eigenvalue weighted by Crippen LogP contribution is 2.47. The van der Waals surface area contributed by atoms with Crippen molar-refractivity contribution in [1.82, 2.24) is 0 Å². The van der Waals surface area contributed by atoms with Crippen molar-refractivity contribution >= 4 is 0 Å². The molecule has 0 spiro atoms. The van der Waals surface area contributed by atoms with Crippen LogP contribution in [0.25, 0.3) is 0 Å². The fourth-order valence-electron chi connectivity index (χ4n) is 3.85. The molecule has 0 radical (unpaired) electrons. The minimum atomic E-state index is -0.178. The van der Waals surface area contributed by atoms with Crippen molar-refractivity contribution in [1.29, 1.82) is 0 Å². The van der Waals surface area contributed by atoms with E-state index in [1.165, 1.54) is 11.1 Å². The molecule has 4 heteroatoms. The molecule has 0 fully saturated rings. The van der Waals surface area contributed by atoms with E-state index in [9.17, 15) is 0 Å². The zero-order valence-electron chi connectivity index (χ0n) is 16.3. The number of benzene rings is 3. The maximum Gasteiger partial charge on any atom is 0.134 e. The Hall–Kier alpha value is -3.14. The van der Waals surface area contributed by atoms with Crippen molar-refractivity contribution in [3.05, 3.63) is 83.4 Å². The summed E-state index contributed by atoms with van der Waals surface area (Å²) in [5, 5.41) is 0. The van der Waals surface area contributed by atoms with Gasteiger partial charge in [0.05, 0.1) is 21.3 Å². The van der Waals surface area contributed by atoms with E-state index in [0.717, 1.165) is 35.0 Å². The van der Waals surface area contributed by atoms with E-state index in [1.54, 1.807) is 21.3 Å². The van der Waals surface area contributed by atoms with Gasteiger partial charge in [-0.25, -0.2) is 0 Å². The van der Waals surface area contributed by atoms with Gasteiger partial charge in [-0.05, 0) is 47.9 Å². The Labute approximate surface area is 165 Å². The molecule has 0 bridgehead atoms. The molecule has 0 saturated heterocycles. The lowest BCUT2D eigenvalue weighted by atomic mass is 9.81. The van der Waals surface area contributed by atoms with Crippen LogP contribution in [0.2, 0.25) is 0 Å². The van der Waals surface area contributed by atoms with Gasteiger partial charge in [0, 0.05) is 17.5 Å². The lowest BCUT2D eigenvalue weighted by Crippen LogP contribution is -2.25. The molecule has 1 heterocycles. The van der Waals surface area contributed by atoms with Gasteiger partial charge < -0.3 is 18.9 Å². The van der Waals surface area contributed by atoms with E-state index in [1.807, 2.05) is 42.5 Å². The predicted molar refractivity (Wildman–Crippen MR) is 109 cm³/mol. The number of hydrogen-bond acceptors (Lipinski definition) is 4. The van der Waals surface area contributed by atoms with Crippen molar-refractivity contribution < 1.29 is 18.9 Å². The Morgan fingerprint density at radius 3 is 2.36 bits per heavy atom. The summed E-state index contributed by atoms with van der Waals surface area (Å²) < 4.78 is 23.0. The first-order chi connectivity index (χ1) is 13.7. The molecular weight excluding hydrogens is 352 g/mol. The van der Waals surface area contributed by atoms with E-state index < -0.39 is 0 Å². The van der Waals surface area contributed by atoms with Gasteiger partial charge in [0.25, 0.3) is 0 Å². The summed E-state index contributed by atoms with van der Waals surface area (Å²) in [6, 6.07) is 22.3. The highest BCUT2D eigenvalue weighted by atomic mass is 16.5. The summed E-state index contributed by atoms with van der Waals surface area (Å²) in [6.45, 7) is 0. The molecule has 3 aromatic rings. The largest absolute Gasteiger partial charge is 0.497 e. The maximum absolute atomic E-state index is 6.51. The summed E-state index contributed by atoms with van der Waals surface area (Å²) in [7, 11) is 5.02. The van der Waals surface area contributed by atoms with Crippen LogP contribution in [0, 0.1) is 0 Å². The monoisotopic (exact) mass is 376 g/mol. The third kappa shape index (κ3) is 3.38. The van der Waals surface area contributed by atoms with Gasteiger partial charge in [0.15, 0.2) is 0 Å². The molecule has 1 aliphatic rings. The average Bonchev–Trinajstić information content (AvgIpc) is 2.77. The molecule has 0 aliphatic carbocycles. The Kier molecular flexibility index (Phi) is 5.11. The molecular formula is C24H24O4. The zero-order valence-corrected chi connectivity index (χ0v) is 16.3. The van der Waals surface area contributed by atoms with E-state index >= 15 is 0 Å². The fraction of sp³-hybridized carbons (Fsp3) is 0.250. The normalized spacial score (nSPS) is 18.0. The molecule has 0 saturated carbocycles. The fourth-order valence-corrected chi connectivity index (χ4v) is 3.85. The summed E-state index contributed by atoms with van der Waals surface area (Å²) in [5.41, 5.74) is 3.39. The van der Waals surface area contributed by atoms with Crippen LogP contribution < -0.4 is 18.9 Å². The third-order valence-electron chi connectivity index (χ3n) is 5.30. The Bertz CT molecular complexity index is 966. The molecule has 4 rings (SSSR count). The van der Waals surface area contributed by atoms with Crippen molar-refractivity contribution in [2.24, 2.45) is 0 Å². The highest BCUT2D eigenvalue weighted by Gasteiger charge is 2.34. The Morgan fingerprint density at radius 2 is 1.57 bits per heavy atom. The van der Waals surface area contributed by atoms with Crippen LogP contribution >= 0.6 is 0 Å².